The molecule has 0 heterocycles. The van der Waals surface area contributed by atoms with Gasteiger partial charge in [0.25, 0.3) is 0 Å². The molecule has 16 heavy (non-hydrogen) atoms. The molecule has 0 aliphatic heterocycles. The first-order chi connectivity index (χ1) is 7.25. The van der Waals surface area contributed by atoms with Crippen LogP contribution in [0.5, 0.6) is 0 Å². The minimum Gasteiger partial charge on any atom is -0.308 e. The van der Waals surface area contributed by atoms with Crippen LogP contribution in [0.4, 0.5) is 0 Å². The Morgan fingerprint density at radius 2 is 1.69 bits per heavy atom. The zero-order valence-corrected chi connectivity index (χ0v) is 11.9. The second kappa shape index (κ2) is 6.55. The quantitative estimate of drug-likeness (QED) is 0.704. The van der Waals surface area contributed by atoms with Crippen molar-refractivity contribution in [2.24, 2.45) is 0 Å². The molecule has 5 heteroatoms. The highest BCUT2D eigenvalue weighted by atomic mass is 31.2. The zero-order chi connectivity index (χ0) is 12.8. The van der Waals surface area contributed by atoms with Gasteiger partial charge in [-0.25, -0.2) is 0 Å². The summed E-state index contributed by atoms with van der Waals surface area (Å²) in [6.07, 6.45) is 0. The van der Waals surface area contributed by atoms with Crippen LogP contribution in [-0.4, -0.2) is 25.3 Å². The third-order valence-electron chi connectivity index (χ3n) is 1.81. The standard InChI is InChI=1S/C11H24NO3P/c1-7-14-16(13,15-8-2)10(3)9-12-11(4,5)6/h12H,3,7-9H2,1-2,4-6H3. The fraction of sp³-hybridized carbons (Fsp3) is 0.818. The van der Waals surface area contributed by atoms with Crippen molar-refractivity contribution in [3.63, 3.8) is 0 Å². The third kappa shape index (κ3) is 5.80. The Balaban J connectivity index is 4.46. The Morgan fingerprint density at radius 1 is 1.25 bits per heavy atom. The maximum Gasteiger partial charge on any atom is 0.358 e. The van der Waals surface area contributed by atoms with Crippen LogP contribution in [0.25, 0.3) is 0 Å². The van der Waals surface area contributed by atoms with Gasteiger partial charge in [0.05, 0.1) is 13.2 Å². The van der Waals surface area contributed by atoms with Gasteiger partial charge in [0.15, 0.2) is 0 Å². The zero-order valence-electron chi connectivity index (χ0n) is 11.0. The molecule has 96 valence electrons. The minimum absolute atomic E-state index is 0.0494. The van der Waals surface area contributed by atoms with Gasteiger partial charge in [0.2, 0.25) is 0 Å². The van der Waals surface area contributed by atoms with E-state index in [-0.39, 0.29) is 5.54 Å². The van der Waals surface area contributed by atoms with Crippen LogP contribution in [0.15, 0.2) is 11.9 Å². The van der Waals surface area contributed by atoms with Crippen molar-refractivity contribution in [3.05, 3.63) is 11.9 Å². The summed E-state index contributed by atoms with van der Waals surface area (Å²) in [5.41, 5.74) is -0.0494. The molecular weight excluding hydrogens is 225 g/mol. The molecule has 0 aromatic heterocycles. The average molecular weight is 249 g/mol. The molecule has 0 radical (unpaired) electrons. The highest BCUT2D eigenvalue weighted by Gasteiger charge is 2.28. The van der Waals surface area contributed by atoms with Gasteiger partial charge in [-0.3, -0.25) is 4.57 Å². The predicted octanol–water partition coefficient (Wildman–Crippen LogP) is 3.15. The summed E-state index contributed by atoms with van der Waals surface area (Å²) in [7, 11) is -3.15. The Labute approximate surface area is 98.9 Å². The van der Waals surface area contributed by atoms with E-state index in [1.165, 1.54) is 0 Å². The summed E-state index contributed by atoms with van der Waals surface area (Å²) in [6.45, 7) is 14.6. The van der Waals surface area contributed by atoms with E-state index >= 15 is 0 Å². The highest BCUT2D eigenvalue weighted by Crippen LogP contribution is 2.54. The summed E-state index contributed by atoms with van der Waals surface area (Å²) in [4.78, 5) is 0. The Bertz CT molecular complexity index is 261. The first-order valence-electron chi connectivity index (χ1n) is 5.57. The van der Waals surface area contributed by atoms with E-state index in [2.05, 4.69) is 11.9 Å². The highest BCUT2D eigenvalue weighted by molar-refractivity contribution is 7.58. The van der Waals surface area contributed by atoms with Crippen molar-refractivity contribution < 1.29 is 13.6 Å². The molecule has 0 rings (SSSR count). The van der Waals surface area contributed by atoms with Gasteiger partial charge in [-0.15, -0.1) is 0 Å². The average Bonchev–Trinajstić information content (AvgIpc) is 2.13. The number of rotatable bonds is 7. The van der Waals surface area contributed by atoms with Gasteiger partial charge < -0.3 is 14.4 Å². The van der Waals surface area contributed by atoms with Gasteiger partial charge >= 0.3 is 7.60 Å². The Kier molecular flexibility index (Phi) is 6.49. The molecule has 0 aromatic rings. The fourth-order valence-corrected chi connectivity index (χ4v) is 2.42. The monoisotopic (exact) mass is 249 g/mol. The topological polar surface area (TPSA) is 47.6 Å². The van der Waals surface area contributed by atoms with Gasteiger partial charge in [0.1, 0.15) is 0 Å². The number of nitrogens with one attached hydrogen (secondary N) is 1. The van der Waals surface area contributed by atoms with E-state index in [1.54, 1.807) is 13.8 Å². The Hall–Kier alpha value is -0.150. The molecule has 0 unspecified atom stereocenters. The van der Waals surface area contributed by atoms with Crippen molar-refractivity contribution in [2.75, 3.05) is 19.8 Å². The molecule has 1 N–H and O–H groups in total. The SMILES string of the molecule is C=C(CNC(C)(C)C)P(=O)(OCC)OCC. The molecule has 0 aliphatic carbocycles. The fourth-order valence-electron chi connectivity index (χ4n) is 1.02. The van der Waals surface area contributed by atoms with Crippen LogP contribution in [0, 0.1) is 0 Å². The molecule has 0 fully saturated rings. The number of hydrogen-bond acceptors (Lipinski definition) is 4. The molecule has 0 saturated heterocycles. The van der Waals surface area contributed by atoms with Crippen LogP contribution in [0.1, 0.15) is 34.6 Å². The van der Waals surface area contributed by atoms with Gasteiger partial charge in [-0.2, -0.15) is 0 Å². The van der Waals surface area contributed by atoms with E-state index < -0.39 is 7.60 Å². The van der Waals surface area contributed by atoms with Gasteiger partial charge in [-0.1, -0.05) is 6.58 Å². The first kappa shape index (κ1) is 15.9. The minimum atomic E-state index is -3.15. The van der Waals surface area contributed by atoms with E-state index in [9.17, 15) is 4.57 Å². The normalized spacial score (nSPS) is 12.8. The van der Waals surface area contributed by atoms with Gasteiger partial charge in [-0.05, 0) is 34.6 Å². The molecule has 4 nitrogen and oxygen atoms in total. The van der Waals surface area contributed by atoms with Crippen molar-refractivity contribution >= 4 is 7.60 Å². The smallest absolute Gasteiger partial charge is 0.308 e. The van der Waals surface area contributed by atoms with E-state index in [0.29, 0.717) is 25.1 Å². The summed E-state index contributed by atoms with van der Waals surface area (Å²) in [5, 5.41) is 3.69. The van der Waals surface area contributed by atoms with Crippen LogP contribution < -0.4 is 5.32 Å². The molecule has 0 saturated carbocycles. The van der Waals surface area contributed by atoms with Crippen molar-refractivity contribution in [1.29, 1.82) is 0 Å². The van der Waals surface area contributed by atoms with E-state index in [0.717, 1.165) is 0 Å². The molecule has 0 aromatic carbocycles. The van der Waals surface area contributed by atoms with Gasteiger partial charge in [0, 0.05) is 17.4 Å². The second-order valence-corrected chi connectivity index (χ2v) is 6.65. The van der Waals surface area contributed by atoms with E-state index in [4.69, 9.17) is 9.05 Å². The van der Waals surface area contributed by atoms with Crippen molar-refractivity contribution in [3.8, 4) is 0 Å². The molecule has 0 bridgehead atoms. The molecular formula is C11H24NO3P. The van der Waals surface area contributed by atoms with Crippen LogP contribution in [0.3, 0.4) is 0 Å². The van der Waals surface area contributed by atoms with Crippen LogP contribution >= 0.6 is 7.60 Å². The lowest BCUT2D eigenvalue weighted by molar-refractivity contribution is 0.225. The lowest BCUT2D eigenvalue weighted by Gasteiger charge is -2.24. The Morgan fingerprint density at radius 3 is 2.00 bits per heavy atom. The first-order valence-corrected chi connectivity index (χ1v) is 7.12. The summed E-state index contributed by atoms with van der Waals surface area (Å²) in [6, 6.07) is 0. The van der Waals surface area contributed by atoms with Crippen LogP contribution in [-0.2, 0) is 13.6 Å². The predicted molar refractivity (Wildman–Crippen MR) is 67.8 cm³/mol. The summed E-state index contributed by atoms with van der Waals surface area (Å²) < 4.78 is 22.6. The van der Waals surface area contributed by atoms with Crippen molar-refractivity contribution in [1.82, 2.24) is 5.32 Å². The largest absolute Gasteiger partial charge is 0.358 e. The maximum atomic E-state index is 12.2. The number of hydrogen-bond donors (Lipinski definition) is 1. The summed E-state index contributed by atoms with van der Waals surface area (Å²) >= 11 is 0. The second-order valence-electron chi connectivity index (χ2n) is 4.50. The lowest BCUT2D eigenvalue weighted by Crippen LogP contribution is -2.37. The molecule has 0 atom stereocenters. The van der Waals surface area contributed by atoms with Crippen molar-refractivity contribution in [2.45, 2.75) is 40.2 Å². The summed E-state index contributed by atoms with van der Waals surface area (Å²) in [5.74, 6) is 0. The molecule has 0 aliphatic rings. The molecule has 0 spiro atoms. The lowest BCUT2D eigenvalue weighted by atomic mass is 10.1. The third-order valence-corrected chi connectivity index (χ3v) is 3.94. The van der Waals surface area contributed by atoms with E-state index in [1.807, 2.05) is 20.8 Å². The molecule has 0 amide bonds. The maximum absolute atomic E-state index is 12.2. The van der Waals surface area contributed by atoms with Crippen LogP contribution in [0.2, 0.25) is 0 Å².